The molecule has 138 valence electrons. The molecule has 2 fully saturated rings. The van der Waals surface area contributed by atoms with E-state index in [0.717, 1.165) is 37.7 Å². The van der Waals surface area contributed by atoms with E-state index in [-0.39, 0.29) is 35.6 Å². The lowest BCUT2D eigenvalue weighted by Gasteiger charge is -2.33. The van der Waals surface area contributed by atoms with E-state index in [0.29, 0.717) is 0 Å². The van der Waals surface area contributed by atoms with Crippen LogP contribution in [0.1, 0.15) is 43.6 Å². The first kappa shape index (κ1) is 18.0. The molecular formula is C18H23F3N2O2. The Labute approximate surface area is 145 Å². The van der Waals surface area contributed by atoms with Crippen molar-refractivity contribution >= 4 is 5.91 Å². The molecule has 0 spiro atoms. The molecule has 0 saturated heterocycles. The lowest BCUT2D eigenvalue weighted by Crippen LogP contribution is -2.42. The minimum Gasteiger partial charge on any atom is -0.406 e. The summed E-state index contributed by atoms with van der Waals surface area (Å²) in [7, 11) is 1.85. The Bertz CT molecular complexity index is 610. The fraction of sp³-hybridized carbons (Fsp3) is 0.611. The molecule has 0 heterocycles. The molecule has 1 amide bonds. The van der Waals surface area contributed by atoms with Crippen molar-refractivity contribution in [2.75, 3.05) is 7.05 Å². The molecule has 2 aliphatic carbocycles. The van der Waals surface area contributed by atoms with E-state index in [1.54, 1.807) is 12.1 Å². The van der Waals surface area contributed by atoms with Gasteiger partial charge in [-0.2, -0.15) is 0 Å². The van der Waals surface area contributed by atoms with Crippen LogP contribution in [0.4, 0.5) is 13.2 Å². The Morgan fingerprint density at radius 3 is 2.32 bits per heavy atom. The van der Waals surface area contributed by atoms with Crippen LogP contribution in [0.25, 0.3) is 0 Å². The molecule has 1 aromatic carbocycles. The van der Waals surface area contributed by atoms with Crippen molar-refractivity contribution in [3.8, 4) is 5.75 Å². The number of rotatable bonds is 4. The summed E-state index contributed by atoms with van der Waals surface area (Å²) in [6.07, 6.45) is -0.192. The second-order valence-electron chi connectivity index (χ2n) is 7.08. The molecule has 0 aromatic heterocycles. The minimum absolute atomic E-state index is 0.0741. The molecule has 2 aliphatic rings. The highest BCUT2D eigenvalue weighted by atomic mass is 19.4. The number of halogens is 3. The van der Waals surface area contributed by atoms with E-state index in [4.69, 9.17) is 5.73 Å². The Balaban J connectivity index is 1.55. The van der Waals surface area contributed by atoms with Crippen molar-refractivity contribution in [2.45, 2.75) is 56.5 Å². The van der Waals surface area contributed by atoms with Crippen molar-refractivity contribution in [3.05, 3.63) is 29.8 Å². The molecule has 25 heavy (non-hydrogen) atoms. The lowest BCUT2D eigenvalue weighted by atomic mass is 9.91. The second-order valence-corrected chi connectivity index (χ2v) is 7.08. The molecule has 2 atom stereocenters. The van der Waals surface area contributed by atoms with Gasteiger partial charge in [0, 0.05) is 25.0 Å². The molecule has 1 aromatic rings. The van der Waals surface area contributed by atoms with E-state index in [1.165, 1.54) is 12.1 Å². The molecule has 4 nitrogen and oxygen atoms in total. The molecule has 0 aliphatic heterocycles. The summed E-state index contributed by atoms with van der Waals surface area (Å²) in [5.41, 5.74) is 6.79. The van der Waals surface area contributed by atoms with E-state index < -0.39 is 6.36 Å². The van der Waals surface area contributed by atoms with Gasteiger partial charge in [-0.25, -0.2) is 0 Å². The average molecular weight is 356 g/mol. The predicted molar refractivity (Wildman–Crippen MR) is 87.0 cm³/mol. The van der Waals surface area contributed by atoms with E-state index >= 15 is 0 Å². The Morgan fingerprint density at radius 2 is 1.76 bits per heavy atom. The van der Waals surface area contributed by atoms with Crippen LogP contribution in [0.3, 0.4) is 0 Å². The van der Waals surface area contributed by atoms with Crippen molar-refractivity contribution < 1.29 is 22.7 Å². The summed E-state index contributed by atoms with van der Waals surface area (Å²) < 4.78 is 40.4. The van der Waals surface area contributed by atoms with Crippen molar-refractivity contribution in [1.29, 1.82) is 0 Å². The summed E-state index contributed by atoms with van der Waals surface area (Å²) in [5.74, 6) is -0.104. The zero-order valence-corrected chi connectivity index (χ0v) is 14.1. The zero-order valence-electron chi connectivity index (χ0n) is 14.1. The molecule has 3 rings (SSSR count). The van der Waals surface area contributed by atoms with Gasteiger partial charge in [-0.1, -0.05) is 12.1 Å². The van der Waals surface area contributed by atoms with Crippen LogP contribution in [0, 0.1) is 5.92 Å². The number of ether oxygens (including phenoxy) is 1. The first-order chi connectivity index (χ1) is 11.7. The third-order valence-corrected chi connectivity index (χ3v) is 5.29. The van der Waals surface area contributed by atoms with E-state index in [1.807, 2.05) is 11.9 Å². The summed E-state index contributed by atoms with van der Waals surface area (Å²) in [4.78, 5) is 14.5. The lowest BCUT2D eigenvalue weighted by molar-refractivity contribution is -0.274. The second kappa shape index (κ2) is 6.86. The van der Waals surface area contributed by atoms with Gasteiger partial charge in [-0.05, 0) is 55.7 Å². The predicted octanol–water partition coefficient (Wildman–Crippen LogP) is 3.42. The topological polar surface area (TPSA) is 55.6 Å². The molecular weight excluding hydrogens is 333 g/mol. The number of nitrogens with zero attached hydrogens (tertiary/aromatic N) is 1. The van der Waals surface area contributed by atoms with Gasteiger partial charge in [0.1, 0.15) is 5.75 Å². The zero-order chi connectivity index (χ0) is 18.2. The number of alkyl halides is 3. The fourth-order valence-corrected chi connectivity index (χ4v) is 3.68. The van der Waals surface area contributed by atoms with Crippen molar-refractivity contribution in [3.63, 3.8) is 0 Å². The van der Waals surface area contributed by atoms with Gasteiger partial charge >= 0.3 is 6.36 Å². The highest BCUT2D eigenvalue weighted by molar-refractivity contribution is 5.83. The highest BCUT2D eigenvalue weighted by Gasteiger charge is 2.46. The van der Waals surface area contributed by atoms with Gasteiger partial charge in [-0.3, -0.25) is 4.79 Å². The quantitative estimate of drug-likeness (QED) is 0.899. The maximum absolute atomic E-state index is 12.6. The van der Waals surface area contributed by atoms with Crippen LogP contribution in [-0.2, 0) is 4.79 Å². The smallest absolute Gasteiger partial charge is 0.406 e. The summed E-state index contributed by atoms with van der Waals surface area (Å²) in [5, 5.41) is 0. The largest absolute Gasteiger partial charge is 0.573 e. The molecule has 0 radical (unpaired) electrons. The molecule has 0 unspecified atom stereocenters. The molecule has 0 bridgehead atoms. The monoisotopic (exact) mass is 356 g/mol. The van der Waals surface area contributed by atoms with Gasteiger partial charge in [-0.15, -0.1) is 13.2 Å². The maximum atomic E-state index is 12.6. The fourth-order valence-electron chi connectivity index (χ4n) is 3.68. The Hall–Kier alpha value is -1.76. The Kier molecular flexibility index (Phi) is 4.95. The number of amides is 1. The molecule has 7 heteroatoms. The number of carbonyl (C=O) groups is 1. The van der Waals surface area contributed by atoms with Crippen LogP contribution in [-0.4, -0.2) is 36.3 Å². The third-order valence-electron chi connectivity index (χ3n) is 5.29. The summed E-state index contributed by atoms with van der Waals surface area (Å²) >= 11 is 0. The van der Waals surface area contributed by atoms with Crippen molar-refractivity contribution in [1.82, 2.24) is 4.90 Å². The van der Waals surface area contributed by atoms with Crippen LogP contribution in [0.15, 0.2) is 24.3 Å². The number of carbonyl (C=O) groups excluding carboxylic acids is 1. The van der Waals surface area contributed by atoms with Crippen LogP contribution < -0.4 is 10.5 Å². The van der Waals surface area contributed by atoms with E-state index in [9.17, 15) is 18.0 Å². The third kappa shape index (κ3) is 4.45. The summed E-state index contributed by atoms with van der Waals surface area (Å²) in [6, 6.07) is 6.31. The summed E-state index contributed by atoms with van der Waals surface area (Å²) in [6.45, 7) is 0. The maximum Gasteiger partial charge on any atom is 0.573 e. The van der Waals surface area contributed by atoms with E-state index in [2.05, 4.69) is 4.74 Å². The Morgan fingerprint density at radius 1 is 1.16 bits per heavy atom. The standard InChI is InChI=1S/C18H23F3N2O2/c1-23(13-6-4-12(22)5-7-13)17(24)16-10-15(16)11-2-8-14(9-3-11)25-18(19,20)21/h2-3,8-9,12-13,15-16H,4-7,10,22H2,1H3/t12?,13?,15-,16+/m1/s1. The van der Waals surface area contributed by atoms with Crippen molar-refractivity contribution in [2.24, 2.45) is 11.7 Å². The van der Waals surface area contributed by atoms with Gasteiger partial charge in [0.25, 0.3) is 0 Å². The number of nitrogens with two attached hydrogens (primary N) is 1. The van der Waals surface area contributed by atoms with Crippen LogP contribution >= 0.6 is 0 Å². The van der Waals surface area contributed by atoms with Crippen LogP contribution in [0.2, 0.25) is 0 Å². The molecule has 2 saturated carbocycles. The highest BCUT2D eigenvalue weighted by Crippen LogP contribution is 2.49. The number of hydrogen-bond donors (Lipinski definition) is 1. The average Bonchev–Trinajstić information content (AvgIpc) is 3.34. The minimum atomic E-state index is -4.69. The molecule has 2 N–H and O–H groups in total. The van der Waals surface area contributed by atoms with Gasteiger partial charge in [0.05, 0.1) is 0 Å². The van der Waals surface area contributed by atoms with Gasteiger partial charge < -0.3 is 15.4 Å². The number of benzene rings is 1. The SMILES string of the molecule is CN(C(=O)[C@H]1C[C@@H]1c1ccc(OC(F)(F)F)cc1)C1CCC(N)CC1. The number of hydrogen-bond acceptors (Lipinski definition) is 3. The van der Waals surface area contributed by atoms with Crippen LogP contribution in [0.5, 0.6) is 5.75 Å². The first-order valence-corrected chi connectivity index (χ1v) is 8.62. The normalized spacial score (nSPS) is 29.2. The van der Waals surface area contributed by atoms with Gasteiger partial charge in [0.15, 0.2) is 0 Å². The van der Waals surface area contributed by atoms with Gasteiger partial charge in [0.2, 0.25) is 5.91 Å². The first-order valence-electron chi connectivity index (χ1n) is 8.62.